The molecule has 6 heteroatoms. The minimum Gasteiger partial charge on any atom is -0.478 e. The van der Waals surface area contributed by atoms with Crippen molar-refractivity contribution in [1.82, 2.24) is 4.98 Å². The summed E-state index contributed by atoms with van der Waals surface area (Å²) in [5, 5.41) is 12.1. The molecule has 2 N–H and O–H groups in total. The number of benzene rings is 1. The third-order valence-electron chi connectivity index (χ3n) is 3.18. The summed E-state index contributed by atoms with van der Waals surface area (Å²) in [6.45, 7) is 1.47. The molecule has 19 heavy (non-hydrogen) atoms. The summed E-state index contributed by atoms with van der Waals surface area (Å²) in [6.07, 6.45) is 1.83. The first-order valence-corrected chi connectivity index (χ1v) is 6.20. The van der Waals surface area contributed by atoms with Crippen LogP contribution in [0.4, 0.5) is 6.01 Å². The Balaban J connectivity index is 1.82. The van der Waals surface area contributed by atoms with Crippen molar-refractivity contribution in [2.75, 3.05) is 18.5 Å². The Hall–Kier alpha value is -2.08. The Morgan fingerprint density at radius 2 is 2.16 bits per heavy atom. The maximum absolute atomic E-state index is 10.9. The van der Waals surface area contributed by atoms with Crippen LogP contribution in [0, 0.1) is 0 Å². The number of aromatic carboxylic acids is 1. The van der Waals surface area contributed by atoms with Gasteiger partial charge in [-0.05, 0) is 31.0 Å². The summed E-state index contributed by atoms with van der Waals surface area (Å²) in [5.41, 5.74) is 1.33. The van der Waals surface area contributed by atoms with Crippen LogP contribution >= 0.6 is 0 Å². The van der Waals surface area contributed by atoms with Crippen LogP contribution in [0.15, 0.2) is 22.6 Å². The molecule has 1 aliphatic heterocycles. The van der Waals surface area contributed by atoms with Gasteiger partial charge in [-0.1, -0.05) is 0 Å². The number of hydrogen-bond donors (Lipinski definition) is 2. The number of aromatic nitrogens is 1. The van der Waals surface area contributed by atoms with E-state index in [-0.39, 0.29) is 5.56 Å². The highest BCUT2D eigenvalue weighted by atomic mass is 16.5. The summed E-state index contributed by atoms with van der Waals surface area (Å²) in [4.78, 5) is 15.2. The summed E-state index contributed by atoms with van der Waals surface area (Å²) in [6, 6.07) is 5.38. The van der Waals surface area contributed by atoms with Crippen LogP contribution in [0.25, 0.3) is 11.1 Å². The van der Waals surface area contributed by atoms with Crippen molar-refractivity contribution in [3.05, 3.63) is 23.8 Å². The number of hydrogen-bond acceptors (Lipinski definition) is 5. The van der Waals surface area contributed by atoms with Crippen molar-refractivity contribution >= 4 is 23.1 Å². The highest BCUT2D eigenvalue weighted by molar-refractivity contribution is 5.92. The second-order valence-corrected chi connectivity index (χ2v) is 4.54. The maximum atomic E-state index is 10.9. The Kier molecular flexibility index (Phi) is 3.08. The summed E-state index contributed by atoms with van der Waals surface area (Å²) in [5.74, 6) is -0.975. The van der Waals surface area contributed by atoms with Crippen LogP contribution in [0.2, 0.25) is 0 Å². The molecule has 100 valence electrons. The molecule has 1 aliphatic rings. The van der Waals surface area contributed by atoms with Gasteiger partial charge in [0.15, 0.2) is 5.58 Å². The summed E-state index contributed by atoms with van der Waals surface area (Å²) >= 11 is 0. The normalized spacial score (nSPS) is 16.6. The molecule has 0 unspecified atom stereocenters. The molecular weight excluding hydrogens is 248 g/mol. The number of carboxylic acids is 1. The monoisotopic (exact) mass is 262 g/mol. The number of rotatable bonds is 3. The van der Waals surface area contributed by atoms with E-state index in [9.17, 15) is 4.79 Å². The Bertz CT molecular complexity index is 602. The Morgan fingerprint density at radius 1 is 1.37 bits per heavy atom. The average molecular weight is 262 g/mol. The SMILES string of the molecule is O=C(O)c1ccc2nc(NC3CCOCC3)oc2c1. The quantitative estimate of drug-likeness (QED) is 0.881. The van der Waals surface area contributed by atoms with Crippen LogP contribution in [0.1, 0.15) is 23.2 Å². The molecule has 0 atom stereocenters. The maximum Gasteiger partial charge on any atom is 0.335 e. The van der Waals surface area contributed by atoms with Crippen molar-refractivity contribution in [3.8, 4) is 0 Å². The standard InChI is InChI=1S/C13H14N2O4/c16-12(17)8-1-2-10-11(7-8)19-13(15-10)14-9-3-5-18-6-4-9/h1-2,7,9H,3-6H2,(H,14,15)(H,16,17). The molecule has 0 spiro atoms. The van der Waals surface area contributed by atoms with Gasteiger partial charge in [0.05, 0.1) is 5.56 Å². The van der Waals surface area contributed by atoms with Crippen LogP contribution in [0.5, 0.6) is 0 Å². The number of nitrogens with zero attached hydrogens (tertiary/aromatic N) is 1. The van der Waals surface area contributed by atoms with E-state index in [0.717, 1.165) is 26.1 Å². The van der Waals surface area contributed by atoms with Gasteiger partial charge in [0.25, 0.3) is 6.01 Å². The third-order valence-corrected chi connectivity index (χ3v) is 3.18. The van der Waals surface area contributed by atoms with Gasteiger partial charge >= 0.3 is 5.97 Å². The van der Waals surface area contributed by atoms with E-state index in [1.807, 2.05) is 0 Å². The molecule has 3 rings (SSSR count). The Morgan fingerprint density at radius 3 is 2.89 bits per heavy atom. The first kappa shape index (κ1) is 12.0. The smallest absolute Gasteiger partial charge is 0.335 e. The fraction of sp³-hybridized carbons (Fsp3) is 0.385. The lowest BCUT2D eigenvalue weighted by Crippen LogP contribution is -2.27. The lowest BCUT2D eigenvalue weighted by atomic mass is 10.1. The lowest BCUT2D eigenvalue weighted by Gasteiger charge is -2.21. The molecule has 0 bridgehead atoms. The molecule has 0 saturated carbocycles. The topological polar surface area (TPSA) is 84.6 Å². The van der Waals surface area contributed by atoms with E-state index in [4.69, 9.17) is 14.3 Å². The first-order chi connectivity index (χ1) is 9.22. The molecule has 2 aromatic rings. The van der Waals surface area contributed by atoms with E-state index in [1.54, 1.807) is 6.07 Å². The summed E-state index contributed by atoms with van der Waals surface area (Å²) < 4.78 is 10.8. The van der Waals surface area contributed by atoms with Gasteiger partial charge in [-0.3, -0.25) is 0 Å². The second kappa shape index (κ2) is 4.89. The molecule has 1 aromatic heterocycles. The van der Waals surface area contributed by atoms with E-state index < -0.39 is 5.97 Å². The molecule has 1 fully saturated rings. The van der Waals surface area contributed by atoms with E-state index >= 15 is 0 Å². The van der Waals surface area contributed by atoms with Crippen molar-refractivity contribution in [2.24, 2.45) is 0 Å². The number of nitrogens with one attached hydrogen (secondary N) is 1. The van der Waals surface area contributed by atoms with E-state index in [2.05, 4.69) is 10.3 Å². The highest BCUT2D eigenvalue weighted by Gasteiger charge is 2.16. The lowest BCUT2D eigenvalue weighted by molar-refractivity contribution is 0.0697. The van der Waals surface area contributed by atoms with E-state index in [1.165, 1.54) is 12.1 Å². The molecule has 6 nitrogen and oxygen atoms in total. The third kappa shape index (κ3) is 2.53. The van der Waals surface area contributed by atoms with Crippen LogP contribution < -0.4 is 5.32 Å². The van der Waals surface area contributed by atoms with Crippen LogP contribution in [0.3, 0.4) is 0 Å². The predicted octanol–water partition coefficient (Wildman–Crippen LogP) is 2.12. The number of ether oxygens (including phenoxy) is 1. The predicted molar refractivity (Wildman–Crippen MR) is 68.4 cm³/mol. The highest BCUT2D eigenvalue weighted by Crippen LogP contribution is 2.22. The molecule has 1 aromatic carbocycles. The zero-order valence-electron chi connectivity index (χ0n) is 10.3. The number of oxazole rings is 1. The number of carboxylic acid groups (broad SMARTS) is 1. The molecule has 0 radical (unpaired) electrons. The summed E-state index contributed by atoms with van der Waals surface area (Å²) in [7, 11) is 0. The largest absolute Gasteiger partial charge is 0.478 e. The van der Waals surface area contributed by atoms with Gasteiger partial charge in [0.2, 0.25) is 0 Å². The minimum absolute atomic E-state index is 0.196. The minimum atomic E-state index is -0.975. The van der Waals surface area contributed by atoms with Crippen molar-refractivity contribution < 1.29 is 19.1 Å². The zero-order chi connectivity index (χ0) is 13.2. The fourth-order valence-electron chi connectivity index (χ4n) is 2.14. The van der Waals surface area contributed by atoms with Crippen LogP contribution in [-0.2, 0) is 4.74 Å². The van der Waals surface area contributed by atoms with Crippen LogP contribution in [-0.4, -0.2) is 35.3 Å². The molecular formula is C13H14N2O4. The van der Waals surface area contributed by atoms with Gasteiger partial charge in [-0.25, -0.2) is 4.79 Å². The number of fused-ring (bicyclic) bond motifs is 1. The van der Waals surface area contributed by atoms with Gasteiger partial charge in [0, 0.05) is 19.3 Å². The number of carbonyl (C=O) groups is 1. The van der Waals surface area contributed by atoms with Crippen molar-refractivity contribution in [1.29, 1.82) is 0 Å². The van der Waals surface area contributed by atoms with Gasteiger partial charge in [-0.15, -0.1) is 0 Å². The molecule has 0 amide bonds. The van der Waals surface area contributed by atoms with Crippen molar-refractivity contribution in [3.63, 3.8) is 0 Å². The number of anilines is 1. The van der Waals surface area contributed by atoms with Crippen molar-refractivity contribution in [2.45, 2.75) is 18.9 Å². The molecule has 2 heterocycles. The average Bonchev–Trinajstić information content (AvgIpc) is 2.80. The fourth-order valence-corrected chi connectivity index (χ4v) is 2.14. The van der Waals surface area contributed by atoms with Gasteiger partial charge in [0.1, 0.15) is 5.52 Å². The van der Waals surface area contributed by atoms with Gasteiger partial charge < -0.3 is 19.6 Å². The zero-order valence-corrected chi connectivity index (χ0v) is 10.3. The second-order valence-electron chi connectivity index (χ2n) is 4.54. The molecule has 0 aliphatic carbocycles. The first-order valence-electron chi connectivity index (χ1n) is 6.20. The molecule has 1 saturated heterocycles. The van der Waals surface area contributed by atoms with E-state index in [0.29, 0.717) is 23.2 Å². The Labute approximate surface area is 109 Å². The van der Waals surface area contributed by atoms with Gasteiger partial charge in [-0.2, -0.15) is 4.98 Å².